The molecular weight excluding hydrogens is 138 g/mol. The van der Waals surface area contributed by atoms with E-state index in [1.807, 2.05) is 0 Å². The average Bonchev–Trinajstić information content (AvgIpc) is 1.85. The van der Waals surface area contributed by atoms with Crippen molar-refractivity contribution >= 4 is 5.96 Å². The first-order valence-corrected chi connectivity index (χ1v) is 4.09. The van der Waals surface area contributed by atoms with Crippen LogP contribution >= 0.6 is 0 Å². The van der Waals surface area contributed by atoms with Gasteiger partial charge in [0.1, 0.15) is 0 Å². The zero-order valence-corrected chi connectivity index (χ0v) is 7.96. The van der Waals surface area contributed by atoms with E-state index in [-0.39, 0.29) is 0 Å². The molecule has 1 rings (SSSR count). The van der Waals surface area contributed by atoms with Gasteiger partial charge in [-0.2, -0.15) is 0 Å². The molecular formula is C8H18N3+. The molecule has 0 unspecified atom stereocenters. The predicted octanol–water partition coefficient (Wildman–Crippen LogP) is -0.118. The van der Waals surface area contributed by atoms with E-state index in [9.17, 15) is 0 Å². The minimum atomic E-state index is 1.18. The number of hydrogen-bond donors (Lipinski definition) is 0. The maximum absolute atomic E-state index is 2.30. The number of hydrogen-bond acceptors (Lipinski definition) is 2. The molecule has 0 atom stereocenters. The van der Waals surface area contributed by atoms with Crippen molar-refractivity contribution in [1.29, 1.82) is 0 Å². The summed E-state index contributed by atoms with van der Waals surface area (Å²) in [6, 6.07) is 0. The van der Waals surface area contributed by atoms with Gasteiger partial charge in [0, 0.05) is 6.42 Å². The molecule has 0 aromatic heterocycles. The monoisotopic (exact) mass is 156 g/mol. The highest BCUT2D eigenvalue weighted by molar-refractivity contribution is 5.74. The van der Waals surface area contributed by atoms with Crippen LogP contribution in [0.4, 0.5) is 0 Å². The molecule has 1 aliphatic heterocycles. The molecule has 11 heavy (non-hydrogen) atoms. The normalized spacial score (nSPS) is 19.1. The summed E-state index contributed by atoms with van der Waals surface area (Å²) in [5.41, 5.74) is 0. The molecule has 0 aromatic rings. The fourth-order valence-electron chi connectivity index (χ4n) is 1.72. The number of rotatable bonds is 0. The Balaban J connectivity index is 2.82. The SMILES string of the molecule is CN(C)C1=[N+](C)CCCN1C. The Labute approximate surface area is 68.9 Å². The van der Waals surface area contributed by atoms with Crippen LogP contribution in [0.3, 0.4) is 0 Å². The van der Waals surface area contributed by atoms with Crippen LogP contribution in [0.1, 0.15) is 6.42 Å². The first kappa shape index (κ1) is 8.37. The lowest BCUT2D eigenvalue weighted by atomic mass is 10.3. The van der Waals surface area contributed by atoms with Gasteiger partial charge in [-0.25, -0.2) is 0 Å². The van der Waals surface area contributed by atoms with Crippen molar-refractivity contribution in [1.82, 2.24) is 9.80 Å². The molecule has 3 heteroatoms. The van der Waals surface area contributed by atoms with E-state index in [2.05, 4.69) is 42.6 Å². The molecule has 64 valence electrons. The van der Waals surface area contributed by atoms with E-state index in [1.54, 1.807) is 0 Å². The van der Waals surface area contributed by atoms with E-state index in [4.69, 9.17) is 0 Å². The number of nitrogens with zero attached hydrogens (tertiary/aromatic N) is 3. The summed E-state index contributed by atoms with van der Waals surface area (Å²) in [5.74, 6) is 1.32. The highest BCUT2D eigenvalue weighted by atomic mass is 15.4. The van der Waals surface area contributed by atoms with Crippen molar-refractivity contribution in [3.8, 4) is 0 Å². The average molecular weight is 156 g/mol. The zero-order valence-electron chi connectivity index (χ0n) is 7.96. The van der Waals surface area contributed by atoms with E-state index >= 15 is 0 Å². The lowest BCUT2D eigenvalue weighted by Gasteiger charge is -2.26. The lowest BCUT2D eigenvalue weighted by molar-refractivity contribution is -0.513. The summed E-state index contributed by atoms with van der Waals surface area (Å²) in [7, 11) is 8.47. The van der Waals surface area contributed by atoms with E-state index in [0.29, 0.717) is 0 Å². The summed E-state index contributed by atoms with van der Waals surface area (Å²) >= 11 is 0. The summed E-state index contributed by atoms with van der Waals surface area (Å²) in [6.45, 7) is 2.36. The molecule has 1 aliphatic rings. The fraction of sp³-hybridized carbons (Fsp3) is 0.875. The maximum Gasteiger partial charge on any atom is 0.349 e. The molecule has 0 saturated heterocycles. The minimum absolute atomic E-state index is 1.18. The third kappa shape index (κ3) is 1.64. The van der Waals surface area contributed by atoms with E-state index in [0.717, 1.165) is 0 Å². The topological polar surface area (TPSA) is 9.49 Å². The number of guanidine groups is 1. The van der Waals surface area contributed by atoms with Crippen molar-refractivity contribution in [3.05, 3.63) is 0 Å². The van der Waals surface area contributed by atoms with Crippen LogP contribution in [0.2, 0.25) is 0 Å². The van der Waals surface area contributed by atoms with Gasteiger partial charge in [0.25, 0.3) is 0 Å². The minimum Gasteiger partial charge on any atom is -0.270 e. The molecule has 0 aliphatic carbocycles. The molecule has 0 aromatic carbocycles. The fourth-order valence-corrected chi connectivity index (χ4v) is 1.72. The van der Waals surface area contributed by atoms with Gasteiger partial charge in [-0.05, 0) is 0 Å². The largest absolute Gasteiger partial charge is 0.349 e. The summed E-state index contributed by atoms with van der Waals surface area (Å²) in [4.78, 5) is 4.46. The first-order chi connectivity index (χ1) is 5.13. The second-order valence-corrected chi connectivity index (χ2v) is 3.39. The van der Waals surface area contributed by atoms with Crippen molar-refractivity contribution in [2.75, 3.05) is 41.3 Å². The van der Waals surface area contributed by atoms with Crippen molar-refractivity contribution in [2.24, 2.45) is 0 Å². The molecule has 0 amide bonds. The summed E-state index contributed by atoms with van der Waals surface area (Å²) < 4.78 is 2.30. The molecule has 0 saturated carbocycles. The van der Waals surface area contributed by atoms with E-state index in [1.165, 1.54) is 25.5 Å². The van der Waals surface area contributed by atoms with Gasteiger partial charge in [-0.15, -0.1) is 0 Å². The van der Waals surface area contributed by atoms with Crippen LogP contribution in [0.25, 0.3) is 0 Å². The molecule has 0 fully saturated rings. The second kappa shape index (κ2) is 3.11. The summed E-state index contributed by atoms with van der Waals surface area (Å²) in [5, 5.41) is 0. The van der Waals surface area contributed by atoms with Crippen LogP contribution in [-0.4, -0.2) is 61.6 Å². The van der Waals surface area contributed by atoms with Crippen molar-refractivity contribution in [2.45, 2.75) is 6.42 Å². The third-order valence-electron chi connectivity index (χ3n) is 2.07. The van der Waals surface area contributed by atoms with Crippen LogP contribution < -0.4 is 0 Å². The smallest absolute Gasteiger partial charge is 0.270 e. The molecule has 3 nitrogen and oxygen atoms in total. The Morgan fingerprint density at radius 3 is 2.45 bits per heavy atom. The third-order valence-corrected chi connectivity index (χ3v) is 2.07. The van der Waals surface area contributed by atoms with Crippen LogP contribution in [0.15, 0.2) is 0 Å². The van der Waals surface area contributed by atoms with Gasteiger partial charge in [0.05, 0.1) is 41.3 Å². The quantitative estimate of drug-likeness (QED) is 0.452. The Morgan fingerprint density at radius 1 is 1.45 bits per heavy atom. The molecule has 0 bridgehead atoms. The summed E-state index contributed by atoms with van der Waals surface area (Å²) in [6.07, 6.45) is 1.27. The zero-order chi connectivity index (χ0) is 8.43. The van der Waals surface area contributed by atoms with Crippen LogP contribution in [0.5, 0.6) is 0 Å². The Hall–Kier alpha value is -0.730. The second-order valence-electron chi connectivity index (χ2n) is 3.39. The standard InChI is InChI=1S/C8H18N3/c1-9(2)8-10(3)6-5-7-11(8)4/h5-7H2,1-4H3/q+1. The van der Waals surface area contributed by atoms with Crippen LogP contribution in [0, 0.1) is 0 Å². The van der Waals surface area contributed by atoms with Gasteiger partial charge in [-0.3, -0.25) is 14.4 Å². The molecule has 0 N–H and O–H groups in total. The molecule has 0 spiro atoms. The Kier molecular flexibility index (Phi) is 2.37. The first-order valence-electron chi connectivity index (χ1n) is 4.09. The van der Waals surface area contributed by atoms with Crippen molar-refractivity contribution < 1.29 is 4.58 Å². The van der Waals surface area contributed by atoms with Gasteiger partial charge in [0.2, 0.25) is 0 Å². The molecule has 1 heterocycles. The maximum atomic E-state index is 2.30. The predicted molar refractivity (Wildman–Crippen MR) is 47.0 cm³/mol. The Morgan fingerprint density at radius 2 is 2.09 bits per heavy atom. The lowest BCUT2D eigenvalue weighted by Crippen LogP contribution is -2.48. The van der Waals surface area contributed by atoms with Gasteiger partial charge in [0.15, 0.2) is 0 Å². The highest BCUT2D eigenvalue weighted by Gasteiger charge is 2.22. The van der Waals surface area contributed by atoms with Gasteiger partial charge < -0.3 is 0 Å². The van der Waals surface area contributed by atoms with Crippen molar-refractivity contribution in [3.63, 3.8) is 0 Å². The molecule has 0 radical (unpaired) electrons. The van der Waals surface area contributed by atoms with Gasteiger partial charge >= 0.3 is 5.96 Å². The van der Waals surface area contributed by atoms with E-state index < -0.39 is 0 Å². The Bertz CT molecular complexity index is 172. The highest BCUT2D eigenvalue weighted by Crippen LogP contribution is 2.00. The van der Waals surface area contributed by atoms with Crippen LogP contribution in [-0.2, 0) is 0 Å². The van der Waals surface area contributed by atoms with Gasteiger partial charge in [-0.1, -0.05) is 0 Å².